The molecule has 18 heavy (non-hydrogen) atoms. The van der Waals surface area contributed by atoms with Gasteiger partial charge in [0.05, 0.1) is 21.9 Å². The van der Waals surface area contributed by atoms with Crippen LogP contribution in [0, 0.1) is 0 Å². The highest BCUT2D eigenvalue weighted by atomic mass is 79.9. The van der Waals surface area contributed by atoms with Crippen molar-refractivity contribution >= 4 is 33.4 Å². The number of hydrogen-bond acceptors (Lipinski definition) is 3. The number of carbonyl (C=O) groups excluding carboxylic acids is 1. The van der Waals surface area contributed by atoms with Gasteiger partial charge in [-0.1, -0.05) is 11.6 Å². The highest BCUT2D eigenvalue weighted by Gasteiger charge is 2.10. The SMILES string of the molecule is O=C(NCCCn1cc(Cl)cn1)c1[nH]ncc1Br. The standard InChI is InChI=1S/C10H11BrClN5O/c11-8-5-14-16-9(8)10(18)13-2-1-3-17-6-7(12)4-15-17/h4-6H,1-3H2,(H,13,18)(H,14,16). The summed E-state index contributed by atoms with van der Waals surface area (Å²) in [6.45, 7) is 1.26. The third kappa shape index (κ3) is 3.33. The Morgan fingerprint density at radius 3 is 3.00 bits per heavy atom. The number of nitrogens with zero attached hydrogens (tertiary/aromatic N) is 3. The molecule has 0 aromatic carbocycles. The topological polar surface area (TPSA) is 75.6 Å². The second-order valence-corrected chi connectivity index (χ2v) is 4.91. The van der Waals surface area contributed by atoms with Crippen molar-refractivity contribution < 1.29 is 4.79 Å². The summed E-state index contributed by atoms with van der Waals surface area (Å²) in [4.78, 5) is 11.7. The van der Waals surface area contributed by atoms with Crippen LogP contribution >= 0.6 is 27.5 Å². The van der Waals surface area contributed by atoms with Crippen molar-refractivity contribution in [3.63, 3.8) is 0 Å². The molecule has 0 aliphatic carbocycles. The van der Waals surface area contributed by atoms with Crippen molar-refractivity contribution in [2.75, 3.05) is 6.54 Å². The molecule has 0 saturated carbocycles. The summed E-state index contributed by atoms with van der Waals surface area (Å²) in [5, 5.41) is 13.8. The van der Waals surface area contributed by atoms with Crippen LogP contribution in [-0.2, 0) is 6.54 Å². The van der Waals surface area contributed by atoms with Crippen molar-refractivity contribution in [3.05, 3.63) is 33.8 Å². The average Bonchev–Trinajstić information content (AvgIpc) is 2.93. The van der Waals surface area contributed by atoms with Gasteiger partial charge in [-0.25, -0.2) is 0 Å². The fourth-order valence-electron chi connectivity index (χ4n) is 1.42. The molecule has 0 aliphatic rings. The van der Waals surface area contributed by atoms with Crippen LogP contribution in [0.15, 0.2) is 23.1 Å². The average molecular weight is 333 g/mol. The fourth-order valence-corrected chi connectivity index (χ4v) is 1.95. The molecule has 0 atom stereocenters. The number of H-pyrrole nitrogens is 1. The first-order chi connectivity index (χ1) is 8.66. The number of halogens is 2. The quantitative estimate of drug-likeness (QED) is 0.820. The van der Waals surface area contributed by atoms with Gasteiger partial charge in [0, 0.05) is 19.3 Å². The molecule has 2 heterocycles. The molecule has 6 nitrogen and oxygen atoms in total. The van der Waals surface area contributed by atoms with E-state index in [0.717, 1.165) is 6.42 Å². The Hall–Kier alpha value is -1.34. The number of rotatable bonds is 5. The maximum atomic E-state index is 11.7. The van der Waals surface area contributed by atoms with Gasteiger partial charge < -0.3 is 5.32 Å². The van der Waals surface area contributed by atoms with Crippen LogP contribution < -0.4 is 5.32 Å². The number of amides is 1. The van der Waals surface area contributed by atoms with E-state index in [4.69, 9.17) is 11.6 Å². The first kappa shape index (κ1) is 13.1. The van der Waals surface area contributed by atoms with Crippen molar-refractivity contribution in [1.82, 2.24) is 25.3 Å². The lowest BCUT2D eigenvalue weighted by atomic mass is 10.3. The van der Waals surface area contributed by atoms with Gasteiger partial charge >= 0.3 is 0 Å². The minimum absolute atomic E-state index is 0.183. The lowest BCUT2D eigenvalue weighted by Crippen LogP contribution is -2.26. The van der Waals surface area contributed by atoms with E-state index in [1.54, 1.807) is 23.3 Å². The Morgan fingerprint density at radius 2 is 2.39 bits per heavy atom. The molecule has 2 aromatic rings. The molecule has 2 rings (SSSR count). The van der Waals surface area contributed by atoms with Crippen LogP contribution in [0.3, 0.4) is 0 Å². The van der Waals surface area contributed by atoms with Crippen LogP contribution in [-0.4, -0.2) is 32.4 Å². The summed E-state index contributed by atoms with van der Waals surface area (Å²) in [5.41, 5.74) is 0.428. The van der Waals surface area contributed by atoms with E-state index in [0.29, 0.717) is 28.3 Å². The van der Waals surface area contributed by atoms with Crippen LogP contribution in [0.5, 0.6) is 0 Å². The van der Waals surface area contributed by atoms with E-state index in [2.05, 4.69) is 36.5 Å². The first-order valence-corrected chi connectivity index (χ1v) is 6.49. The van der Waals surface area contributed by atoms with Gasteiger partial charge in [-0.05, 0) is 22.4 Å². The normalized spacial score (nSPS) is 10.6. The van der Waals surface area contributed by atoms with Gasteiger partial charge in [-0.2, -0.15) is 10.2 Å². The number of nitrogens with one attached hydrogen (secondary N) is 2. The van der Waals surface area contributed by atoms with E-state index < -0.39 is 0 Å². The van der Waals surface area contributed by atoms with Crippen LogP contribution in [0.2, 0.25) is 5.02 Å². The summed E-state index contributed by atoms with van der Waals surface area (Å²) >= 11 is 8.97. The van der Waals surface area contributed by atoms with E-state index in [1.807, 2.05) is 0 Å². The highest BCUT2D eigenvalue weighted by molar-refractivity contribution is 9.10. The molecule has 2 N–H and O–H groups in total. The van der Waals surface area contributed by atoms with Gasteiger partial charge in [-0.15, -0.1) is 0 Å². The maximum absolute atomic E-state index is 11.7. The third-order valence-electron chi connectivity index (χ3n) is 2.27. The Morgan fingerprint density at radius 1 is 1.56 bits per heavy atom. The second kappa shape index (κ2) is 6.01. The number of aromatic amines is 1. The fraction of sp³-hybridized carbons (Fsp3) is 0.300. The minimum Gasteiger partial charge on any atom is -0.351 e. The molecule has 0 unspecified atom stereocenters. The van der Waals surface area contributed by atoms with Gasteiger partial charge in [-0.3, -0.25) is 14.6 Å². The molecular weight excluding hydrogens is 322 g/mol. The summed E-state index contributed by atoms with van der Waals surface area (Å²) in [7, 11) is 0. The summed E-state index contributed by atoms with van der Waals surface area (Å²) < 4.78 is 2.39. The van der Waals surface area contributed by atoms with Crippen LogP contribution in [0.1, 0.15) is 16.9 Å². The molecule has 0 saturated heterocycles. The molecule has 0 bridgehead atoms. The van der Waals surface area contributed by atoms with Crippen molar-refractivity contribution in [3.8, 4) is 0 Å². The highest BCUT2D eigenvalue weighted by Crippen LogP contribution is 2.12. The van der Waals surface area contributed by atoms with Crippen molar-refractivity contribution in [2.24, 2.45) is 0 Å². The molecular formula is C10H11BrClN5O. The Bertz CT molecular complexity index is 538. The van der Waals surface area contributed by atoms with Gasteiger partial charge in [0.2, 0.25) is 0 Å². The molecule has 96 valence electrons. The zero-order chi connectivity index (χ0) is 13.0. The molecule has 2 aromatic heterocycles. The van der Waals surface area contributed by atoms with E-state index in [-0.39, 0.29) is 5.91 Å². The first-order valence-electron chi connectivity index (χ1n) is 5.32. The molecule has 0 fully saturated rings. The van der Waals surface area contributed by atoms with Gasteiger partial charge in [0.25, 0.3) is 5.91 Å². The minimum atomic E-state index is -0.183. The Balaban J connectivity index is 1.73. The molecule has 0 radical (unpaired) electrons. The Kier molecular flexibility index (Phi) is 4.38. The molecule has 8 heteroatoms. The van der Waals surface area contributed by atoms with Crippen LogP contribution in [0.4, 0.5) is 0 Å². The maximum Gasteiger partial charge on any atom is 0.270 e. The predicted octanol–water partition coefficient (Wildman–Crippen LogP) is 1.84. The van der Waals surface area contributed by atoms with Gasteiger partial charge in [0.15, 0.2) is 0 Å². The largest absolute Gasteiger partial charge is 0.351 e. The summed E-state index contributed by atoms with van der Waals surface area (Å²) in [6, 6.07) is 0. The molecule has 0 spiro atoms. The predicted molar refractivity (Wildman–Crippen MR) is 70.5 cm³/mol. The van der Waals surface area contributed by atoms with Crippen LogP contribution in [0.25, 0.3) is 0 Å². The molecule has 0 aliphatic heterocycles. The number of hydrogen-bond donors (Lipinski definition) is 2. The van der Waals surface area contributed by atoms with Gasteiger partial charge in [0.1, 0.15) is 5.69 Å². The third-order valence-corrected chi connectivity index (χ3v) is 3.07. The monoisotopic (exact) mass is 331 g/mol. The van der Waals surface area contributed by atoms with Crippen molar-refractivity contribution in [1.29, 1.82) is 0 Å². The summed E-state index contributed by atoms with van der Waals surface area (Å²) in [5.74, 6) is -0.183. The molecule has 1 amide bonds. The number of carbonyl (C=O) groups is 1. The second-order valence-electron chi connectivity index (χ2n) is 3.62. The zero-order valence-corrected chi connectivity index (χ0v) is 11.7. The zero-order valence-electron chi connectivity index (χ0n) is 9.36. The smallest absolute Gasteiger partial charge is 0.270 e. The lowest BCUT2D eigenvalue weighted by Gasteiger charge is -2.04. The lowest BCUT2D eigenvalue weighted by molar-refractivity contribution is 0.0947. The Labute approximate surface area is 117 Å². The number of aryl methyl sites for hydroxylation is 1. The van der Waals surface area contributed by atoms with Crippen molar-refractivity contribution in [2.45, 2.75) is 13.0 Å². The summed E-state index contributed by atoms with van der Waals surface area (Å²) in [6.07, 6.45) is 5.65. The van der Waals surface area contributed by atoms with E-state index in [9.17, 15) is 4.79 Å². The number of aromatic nitrogens is 4. The van der Waals surface area contributed by atoms with E-state index >= 15 is 0 Å². The van der Waals surface area contributed by atoms with E-state index in [1.165, 1.54) is 0 Å².